The van der Waals surface area contributed by atoms with Crippen molar-refractivity contribution in [2.45, 2.75) is 19.3 Å². The molecule has 2 bridgehead atoms. The normalized spacial score (nSPS) is 32.2. The summed E-state index contributed by atoms with van der Waals surface area (Å²) in [6, 6.07) is 9.23. The van der Waals surface area contributed by atoms with Crippen molar-refractivity contribution < 1.29 is 14.7 Å². The molecule has 1 amide bonds. The molecule has 2 aliphatic carbocycles. The smallest absolute Gasteiger partial charge is 0.307 e. The van der Waals surface area contributed by atoms with Crippen LogP contribution in [-0.4, -0.2) is 17.0 Å². The zero-order chi connectivity index (χ0) is 13.4. The fraction of sp³-hybridized carbons (Fsp3) is 0.467. The van der Waals surface area contributed by atoms with Crippen LogP contribution in [0, 0.1) is 23.7 Å². The van der Waals surface area contributed by atoms with Gasteiger partial charge in [0.1, 0.15) is 0 Å². The van der Waals surface area contributed by atoms with Gasteiger partial charge in [0.15, 0.2) is 0 Å². The Morgan fingerprint density at radius 2 is 1.68 bits per heavy atom. The van der Waals surface area contributed by atoms with Gasteiger partial charge in [0, 0.05) is 5.69 Å². The van der Waals surface area contributed by atoms with Crippen LogP contribution in [-0.2, 0) is 9.59 Å². The Morgan fingerprint density at radius 1 is 1.05 bits per heavy atom. The molecular weight excluding hydrogens is 242 g/mol. The highest BCUT2D eigenvalue weighted by Gasteiger charge is 2.53. The molecule has 1 aromatic rings. The minimum absolute atomic E-state index is 0.134. The van der Waals surface area contributed by atoms with Gasteiger partial charge in [-0.3, -0.25) is 9.59 Å². The minimum atomic E-state index is -0.819. The summed E-state index contributed by atoms with van der Waals surface area (Å²) in [5.41, 5.74) is 0.736. The van der Waals surface area contributed by atoms with E-state index in [0.29, 0.717) is 0 Å². The number of amides is 1. The first kappa shape index (κ1) is 12.2. The van der Waals surface area contributed by atoms with Crippen LogP contribution in [0.2, 0.25) is 0 Å². The number of fused-ring (bicyclic) bond motifs is 2. The van der Waals surface area contributed by atoms with Gasteiger partial charge in [-0.05, 0) is 43.2 Å². The van der Waals surface area contributed by atoms with E-state index in [1.807, 2.05) is 30.3 Å². The Hall–Kier alpha value is -1.84. The Labute approximate surface area is 111 Å². The average molecular weight is 259 g/mol. The lowest BCUT2D eigenvalue weighted by Crippen LogP contribution is -2.37. The van der Waals surface area contributed by atoms with E-state index in [4.69, 9.17) is 0 Å². The molecule has 3 rings (SSSR count). The van der Waals surface area contributed by atoms with Crippen molar-refractivity contribution in [2.24, 2.45) is 23.7 Å². The van der Waals surface area contributed by atoms with E-state index in [-0.39, 0.29) is 23.7 Å². The molecule has 2 saturated carbocycles. The lowest BCUT2D eigenvalue weighted by molar-refractivity contribution is -0.148. The molecule has 1 aromatic carbocycles. The molecule has 19 heavy (non-hydrogen) atoms. The molecule has 0 saturated heterocycles. The number of benzene rings is 1. The van der Waals surface area contributed by atoms with Crippen LogP contribution in [0.5, 0.6) is 0 Å². The third-order valence-electron chi connectivity index (χ3n) is 4.55. The van der Waals surface area contributed by atoms with Crippen molar-refractivity contribution >= 4 is 17.6 Å². The van der Waals surface area contributed by atoms with E-state index < -0.39 is 11.9 Å². The van der Waals surface area contributed by atoms with E-state index in [1.54, 1.807) is 0 Å². The monoisotopic (exact) mass is 259 g/mol. The van der Waals surface area contributed by atoms with Crippen LogP contribution < -0.4 is 5.32 Å². The van der Waals surface area contributed by atoms with Crippen LogP contribution >= 0.6 is 0 Å². The number of carboxylic acids is 1. The van der Waals surface area contributed by atoms with E-state index >= 15 is 0 Å². The summed E-state index contributed by atoms with van der Waals surface area (Å²) in [6.07, 6.45) is 2.84. The zero-order valence-corrected chi connectivity index (χ0v) is 10.6. The van der Waals surface area contributed by atoms with Crippen molar-refractivity contribution in [3.05, 3.63) is 30.3 Å². The summed E-state index contributed by atoms with van der Waals surface area (Å²) in [7, 11) is 0. The van der Waals surface area contributed by atoms with Crippen molar-refractivity contribution in [2.75, 3.05) is 5.32 Å². The predicted octanol–water partition coefficient (Wildman–Crippen LogP) is 2.37. The van der Waals surface area contributed by atoms with Gasteiger partial charge >= 0.3 is 5.97 Å². The average Bonchev–Trinajstić information content (AvgIpc) is 2.99. The van der Waals surface area contributed by atoms with Gasteiger partial charge < -0.3 is 10.4 Å². The number of hydrogen-bond donors (Lipinski definition) is 2. The molecule has 4 atom stereocenters. The first-order valence-electron chi connectivity index (χ1n) is 6.75. The fourth-order valence-electron chi connectivity index (χ4n) is 3.77. The van der Waals surface area contributed by atoms with Crippen molar-refractivity contribution in [3.63, 3.8) is 0 Å². The van der Waals surface area contributed by atoms with Crippen LogP contribution in [0.25, 0.3) is 0 Å². The number of hydrogen-bond acceptors (Lipinski definition) is 2. The summed E-state index contributed by atoms with van der Waals surface area (Å²) in [5.74, 6) is -1.38. The Bertz CT molecular complexity index is 499. The molecule has 0 radical (unpaired) electrons. The van der Waals surface area contributed by atoms with Gasteiger partial charge in [-0.1, -0.05) is 18.2 Å². The molecule has 100 valence electrons. The molecule has 0 spiro atoms. The molecule has 2 aliphatic rings. The maximum Gasteiger partial charge on any atom is 0.307 e. The third-order valence-corrected chi connectivity index (χ3v) is 4.55. The number of carbonyl (C=O) groups excluding carboxylic acids is 1. The number of rotatable bonds is 3. The number of nitrogens with one attached hydrogen (secondary N) is 1. The third kappa shape index (κ3) is 2.11. The first-order chi connectivity index (χ1) is 9.16. The second-order valence-electron chi connectivity index (χ2n) is 5.58. The van der Waals surface area contributed by atoms with E-state index in [9.17, 15) is 14.7 Å². The minimum Gasteiger partial charge on any atom is -0.481 e. The second kappa shape index (κ2) is 4.68. The standard InChI is InChI=1S/C15H17NO3/c17-14(16-11-4-2-1-3-5-11)12-9-6-7-10(8-9)13(12)15(18)19/h1-5,9-10,12-13H,6-8H2,(H,16,17)(H,18,19)/t9-,10+,12+,13+/m1/s1. The van der Waals surface area contributed by atoms with Gasteiger partial charge in [0.05, 0.1) is 11.8 Å². The lowest BCUT2D eigenvalue weighted by Gasteiger charge is -2.27. The molecule has 2 fully saturated rings. The number of carbonyl (C=O) groups is 2. The molecule has 0 unspecified atom stereocenters. The summed E-state index contributed by atoms with van der Waals surface area (Å²) < 4.78 is 0. The molecular formula is C15H17NO3. The fourth-order valence-corrected chi connectivity index (χ4v) is 3.77. The molecule has 2 N–H and O–H groups in total. The largest absolute Gasteiger partial charge is 0.481 e. The highest BCUT2D eigenvalue weighted by atomic mass is 16.4. The molecule has 4 heteroatoms. The molecule has 4 nitrogen and oxygen atoms in total. The topological polar surface area (TPSA) is 66.4 Å². The Kier molecular flexibility index (Phi) is 3.01. The summed E-state index contributed by atoms with van der Waals surface area (Å²) in [4.78, 5) is 23.7. The Morgan fingerprint density at radius 3 is 2.32 bits per heavy atom. The quantitative estimate of drug-likeness (QED) is 0.875. The lowest BCUT2D eigenvalue weighted by atomic mass is 9.78. The number of anilines is 1. The first-order valence-corrected chi connectivity index (χ1v) is 6.75. The Balaban J connectivity index is 1.77. The number of carboxylic acid groups (broad SMARTS) is 1. The predicted molar refractivity (Wildman–Crippen MR) is 70.5 cm³/mol. The van der Waals surface area contributed by atoms with E-state index in [0.717, 1.165) is 24.9 Å². The van der Waals surface area contributed by atoms with Gasteiger partial charge in [-0.25, -0.2) is 0 Å². The van der Waals surface area contributed by atoms with Gasteiger partial charge in [0.2, 0.25) is 5.91 Å². The SMILES string of the molecule is O=C(O)[C@H]1[C@H]2CC[C@H](C2)[C@@H]1C(=O)Nc1ccccc1. The van der Waals surface area contributed by atoms with Crippen molar-refractivity contribution in [1.82, 2.24) is 0 Å². The van der Waals surface area contributed by atoms with Gasteiger partial charge in [-0.15, -0.1) is 0 Å². The van der Waals surface area contributed by atoms with Crippen molar-refractivity contribution in [3.8, 4) is 0 Å². The highest BCUT2D eigenvalue weighted by molar-refractivity contribution is 5.95. The number of aliphatic carboxylic acids is 1. The van der Waals surface area contributed by atoms with Crippen LogP contribution in [0.3, 0.4) is 0 Å². The van der Waals surface area contributed by atoms with Crippen LogP contribution in [0.1, 0.15) is 19.3 Å². The maximum absolute atomic E-state index is 12.3. The molecule has 0 aliphatic heterocycles. The van der Waals surface area contributed by atoms with Gasteiger partial charge in [0.25, 0.3) is 0 Å². The maximum atomic E-state index is 12.3. The summed E-state index contributed by atoms with van der Waals surface area (Å²) in [6.45, 7) is 0. The highest BCUT2D eigenvalue weighted by Crippen LogP contribution is 2.52. The second-order valence-corrected chi connectivity index (χ2v) is 5.58. The van der Waals surface area contributed by atoms with Crippen LogP contribution in [0.4, 0.5) is 5.69 Å². The zero-order valence-electron chi connectivity index (χ0n) is 10.6. The molecule has 0 heterocycles. The van der Waals surface area contributed by atoms with Gasteiger partial charge in [-0.2, -0.15) is 0 Å². The summed E-state index contributed by atoms with van der Waals surface area (Å²) >= 11 is 0. The van der Waals surface area contributed by atoms with Crippen molar-refractivity contribution in [1.29, 1.82) is 0 Å². The molecule has 0 aromatic heterocycles. The summed E-state index contributed by atoms with van der Waals surface area (Å²) in [5, 5.41) is 12.2. The van der Waals surface area contributed by atoms with E-state index in [2.05, 4.69) is 5.32 Å². The van der Waals surface area contributed by atoms with Crippen LogP contribution in [0.15, 0.2) is 30.3 Å². The number of para-hydroxylation sites is 1. The van der Waals surface area contributed by atoms with E-state index in [1.165, 1.54) is 0 Å².